The van der Waals surface area contributed by atoms with Crippen LogP contribution in [0.25, 0.3) is 5.69 Å². The van der Waals surface area contributed by atoms with E-state index in [0.29, 0.717) is 17.9 Å². The molecule has 0 saturated heterocycles. The van der Waals surface area contributed by atoms with Crippen molar-refractivity contribution in [3.05, 3.63) is 72.8 Å². The molecular formula is C19H19N5O3. The van der Waals surface area contributed by atoms with E-state index in [-0.39, 0.29) is 6.03 Å². The highest BCUT2D eigenvalue weighted by Gasteiger charge is 2.07. The number of hydrogen-bond donors (Lipinski definition) is 3. The Hall–Kier alpha value is -3.81. The van der Waals surface area contributed by atoms with Crippen molar-refractivity contribution in [3.8, 4) is 5.69 Å². The lowest BCUT2D eigenvalue weighted by molar-refractivity contribution is 0.187. The summed E-state index contributed by atoms with van der Waals surface area (Å²) in [6.07, 6.45) is 4.71. The molecule has 1 heterocycles. The highest BCUT2D eigenvalue weighted by molar-refractivity contribution is 5.90. The summed E-state index contributed by atoms with van der Waals surface area (Å²) in [4.78, 5) is 27.4. The molecule has 3 amide bonds. The molecule has 27 heavy (non-hydrogen) atoms. The number of methoxy groups -OCH3 is 1. The summed E-state index contributed by atoms with van der Waals surface area (Å²) in [5.41, 5.74) is 3.09. The highest BCUT2D eigenvalue weighted by Crippen LogP contribution is 2.15. The number of imidazole rings is 1. The second kappa shape index (κ2) is 8.52. The quantitative estimate of drug-likeness (QED) is 0.646. The zero-order valence-electron chi connectivity index (χ0n) is 14.7. The van der Waals surface area contributed by atoms with Gasteiger partial charge in [-0.1, -0.05) is 18.2 Å². The predicted molar refractivity (Wildman–Crippen MR) is 102 cm³/mol. The van der Waals surface area contributed by atoms with Crippen molar-refractivity contribution in [2.75, 3.05) is 17.7 Å². The molecule has 8 heteroatoms. The Labute approximate surface area is 156 Å². The van der Waals surface area contributed by atoms with Gasteiger partial charge < -0.3 is 19.9 Å². The van der Waals surface area contributed by atoms with Crippen molar-refractivity contribution >= 4 is 23.5 Å². The lowest BCUT2D eigenvalue weighted by Gasteiger charge is -2.12. The summed E-state index contributed by atoms with van der Waals surface area (Å²) < 4.78 is 6.41. The van der Waals surface area contributed by atoms with E-state index in [1.165, 1.54) is 7.11 Å². The molecule has 0 saturated carbocycles. The Morgan fingerprint density at radius 2 is 1.74 bits per heavy atom. The summed E-state index contributed by atoms with van der Waals surface area (Å²) in [6.45, 7) is 0.363. The maximum Gasteiger partial charge on any atom is 0.411 e. The second-order valence-electron chi connectivity index (χ2n) is 5.60. The second-order valence-corrected chi connectivity index (χ2v) is 5.60. The number of nitrogens with zero attached hydrogens (tertiary/aromatic N) is 2. The smallest absolute Gasteiger partial charge is 0.411 e. The molecule has 138 valence electrons. The van der Waals surface area contributed by atoms with Gasteiger partial charge in [0, 0.05) is 30.3 Å². The van der Waals surface area contributed by atoms with Crippen LogP contribution in [0.3, 0.4) is 0 Å². The molecule has 0 unspecified atom stereocenters. The molecule has 0 bridgehead atoms. The third-order valence-corrected chi connectivity index (χ3v) is 3.79. The number of hydrogen-bond acceptors (Lipinski definition) is 4. The molecule has 0 radical (unpaired) electrons. The minimum absolute atomic E-state index is 0.330. The molecule has 0 spiro atoms. The van der Waals surface area contributed by atoms with Gasteiger partial charge in [-0.15, -0.1) is 0 Å². The minimum Gasteiger partial charge on any atom is -0.453 e. The number of benzene rings is 2. The highest BCUT2D eigenvalue weighted by atomic mass is 16.5. The van der Waals surface area contributed by atoms with Gasteiger partial charge in [0.2, 0.25) is 0 Å². The average Bonchev–Trinajstić information content (AvgIpc) is 3.22. The first-order chi connectivity index (χ1) is 13.2. The van der Waals surface area contributed by atoms with Crippen molar-refractivity contribution in [2.45, 2.75) is 6.54 Å². The predicted octanol–water partition coefficient (Wildman–Crippen LogP) is 3.37. The van der Waals surface area contributed by atoms with Crippen LogP contribution in [0.4, 0.5) is 21.0 Å². The van der Waals surface area contributed by atoms with Gasteiger partial charge in [-0.05, 0) is 35.9 Å². The van der Waals surface area contributed by atoms with Crippen LogP contribution in [0.2, 0.25) is 0 Å². The van der Waals surface area contributed by atoms with Crippen LogP contribution in [-0.4, -0.2) is 28.8 Å². The van der Waals surface area contributed by atoms with Crippen LogP contribution in [0, 0.1) is 0 Å². The van der Waals surface area contributed by atoms with Crippen molar-refractivity contribution in [1.82, 2.24) is 14.9 Å². The van der Waals surface area contributed by atoms with E-state index in [4.69, 9.17) is 0 Å². The molecule has 2 aromatic carbocycles. The Morgan fingerprint density at radius 3 is 2.41 bits per heavy atom. The minimum atomic E-state index is -0.551. The number of nitrogens with one attached hydrogen (secondary N) is 3. The van der Waals surface area contributed by atoms with Crippen molar-refractivity contribution in [2.24, 2.45) is 0 Å². The normalized spacial score (nSPS) is 10.1. The maximum absolute atomic E-state index is 12.2. The fourth-order valence-corrected chi connectivity index (χ4v) is 2.47. The SMILES string of the molecule is COC(=O)Nc1ccc(NC(=O)NCc2ccccc2-n2ccnc2)cc1. The first kappa shape index (κ1) is 18.0. The molecule has 0 aliphatic heterocycles. The summed E-state index contributed by atoms with van der Waals surface area (Å²) in [6, 6.07) is 14.1. The number of urea groups is 1. The van der Waals surface area contributed by atoms with Crippen LogP contribution in [0.1, 0.15) is 5.56 Å². The van der Waals surface area contributed by atoms with Crippen LogP contribution >= 0.6 is 0 Å². The lowest BCUT2D eigenvalue weighted by Crippen LogP contribution is -2.28. The monoisotopic (exact) mass is 365 g/mol. The van der Waals surface area contributed by atoms with Gasteiger partial charge in [-0.2, -0.15) is 0 Å². The van der Waals surface area contributed by atoms with E-state index in [2.05, 4.69) is 25.7 Å². The van der Waals surface area contributed by atoms with Gasteiger partial charge in [0.05, 0.1) is 19.1 Å². The van der Waals surface area contributed by atoms with E-state index >= 15 is 0 Å². The summed E-state index contributed by atoms with van der Waals surface area (Å²) in [5, 5.41) is 8.12. The first-order valence-corrected chi connectivity index (χ1v) is 8.22. The Morgan fingerprint density at radius 1 is 1.04 bits per heavy atom. The number of anilines is 2. The molecular weight excluding hydrogens is 346 g/mol. The number of para-hydroxylation sites is 1. The molecule has 0 fully saturated rings. The van der Waals surface area contributed by atoms with Gasteiger partial charge in [-0.25, -0.2) is 14.6 Å². The summed E-state index contributed by atoms with van der Waals surface area (Å²) >= 11 is 0. The van der Waals surface area contributed by atoms with E-state index in [0.717, 1.165) is 11.3 Å². The largest absolute Gasteiger partial charge is 0.453 e. The van der Waals surface area contributed by atoms with Crippen molar-refractivity contribution in [1.29, 1.82) is 0 Å². The molecule has 3 N–H and O–H groups in total. The van der Waals surface area contributed by atoms with E-state index in [1.54, 1.807) is 36.8 Å². The molecule has 3 rings (SSSR count). The Balaban J connectivity index is 1.57. The number of carbonyl (C=O) groups is 2. The van der Waals surface area contributed by atoms with Crippen molar-refractivity contribution < 1.29 is 14.3 Å². The zero-order valence-corrected chi connectivity index (χ0v) is 14.7. The summed E-state index contributed by atoms with van der Waals surface area (Å²) in [7, 11) is 1.29. The molecule has 3 aromatic rings. The fourth-order valence-electron chi connectivity index (χ4n) is 2.47. The number of aromatic nitrogens is 2. The molecule has 0 atom stereocenters. The van der Waals surface area contributed by atoms with Crippen molar-refractivity contribution in [3.63, 3.8) is 0 Å². The third-order valence-electron chi connectivity index (χ3n) is 3.79. The number of amides is 3. The molecule has 0 aliphatic carbocycles. The van der Waals surface area contributed by atoms with Crippen LogP contribution in [-0.2, 0) is 11.3 Å². The number of ether oxygens (including phenoxy) is 1. The lowest BCUT2D eigenvalue weighted by atomic mass is 10.1. The maximum atomic E-state index is 12.2. The average molecular weight is 365 g/mol. The molecule has 1 aromatic heterocycles. The first-order valence-electron chi connectivity index (χ1n) is 8.22. The van der Waals surface area contributed by atoms with E-state index in [1.807, 2.05) is 35.0 Å². The Kier molecular flexibility index (Phi) is 5.68. The topological polar surface area (TPSA) is 97.3 Å². The van der Waals surface area contributed by atoms with Gasteiger partial charge in [0.15, 0.2) is 0 Å². The van der Waals surface area contributed by atoms with Crippen LogP contribution in [0.5, 0.6) is 0 Å². The van der Waals surface area contributed by atoms with E-state index < -0.39 is 6.09 Å². The number of carbonyl (C=O) groups excluding carboxylic acids is 2. The number of rotatable bonds is 5. The Bertz CT molecular complexity index is 907. The van der Waals surface area contributed by atoms with Gasteiger partial charge in [-0.3, -0.25) is 5.32 Å². The molecule has 0 aliphatic rings. The van der Waals surface area contributed by atoms with Crippen LogP contribution < -0.4 is 16.0 Å². The summed E-state index contributed by atoms with van der Waals surface area (Å²) in [5.74, 6) is 0. The zero-order chi connectivity index (χ0) is 19.1. The van der Waals surface area contributed by atoms with Gasteiger partial charge in [0.1, 0.15) is 0 Å². The fraction of sp³-hybridized carbons (Fsp3) is 0.105. The molecule has 8 nitrogen and oxygen atoms in total. The van der Waals surface area contributed by atoms with E-state index in [9.17, 15) is 9.59 Å². The third kappa shape index (κ3) is 4.85. The van der Waals surface area contributed by atoms with Crippen LogP contribution in [0.15, 0.2) is 67.3 Å². The van der Waals surface area contributed by atoms with Gasteiger partial charge >= 0.3 is 12.1 Å². The van der Waals surface area contributed by atoms with Gasteiger partial charge in [0.25, 0.3) is 0 Å². The standard InChI is InChI=1S/C19H19N5O3/c1-27-19(26)23-16-8-6-15(7-9-16)22-18(25)21-12-14-4-2-3-5-17(14)24-11-10-20-13-24/h2-11,13H,12H2,1H3,(H,23,26)(H2,21,22,25).